The van der Waals surface area contributed by atoms with Gasteiger partial charge in [-0.1, -0.05) is 10.3 Å². The van der Waals surface area contributed by atoms with Crippen LogP contribution in [0.5, 0.6) is 0 Å². The van der Waals surface area contributed by atoms with E-state index in [1.807, 2.05) is 25.7 Å². The average molecular weight is 348 g/mol. The van der Waals surface area contributed by atoms with Crippen LogP contribution >= 0.6 is 0 Å². The Kier molecular flexibility index (Phi) is 5.03. The predicted molar refractivity (Wildman–Crippen MR) is 88.8 cm³/mol. The highest BCUT2D eigenvalue weighted by molar-refractivity contribution is 5.74. The van der Waals surface area contributed by atoms with Crippen molar-refractivity contribution in [2.24, 2.45) is 0 Å². The van der Waals surface area contributed by atoms with Crippen molar-refractivity contribution in [2.75, 3.05) is 26.2 Å². The minimum absolute atomic E-state index is 0.0497. The van der Waals surface area contributed by atoms with E-state index in [1.54, 1.807) is 6.92 Å². The number of nitrogens with one attached hydrogen (secondary N) is 1. The van der Waals surface area contributed by atoms with Crippen molar-refractivity contribution in [1.29, 1.82) is 0 Å². The lowest BCUT2D eigenvalue weighted by molar-refractivity contribution is 0.0999. The fourth-order valence-corrected chi connectivity index (χ4v) is 2.98. The van der Waals surface area contributed by atoms with Gasteiger partial charge in [0.15, 0.2) is 5.82 Å². The molecule has 1 unspecified atom stereocenters. The molecule has 1 N–H and O–H groups in total. The van der Waals surface area contributed by atoms with Crippen LogP contribution in [0.4, 0.5) is 4.79 Å². The maximum Gasteiger partial charge on any atom is 0.317 e. The highest BCUT2D eigenvalue weighted by Crippen LogP contribution is 2.20. The van der Waals surface area contributed by atoms with Gasteiger partial charge >= 0.3 is 6.03 Å². The molecule has 0 spiro atoms. The Hall–Kier alpha value is -2.42. The largest absolute Gasteiger partial charge is 0.361 e. The second-order valence-corrected chi connectivity index (χ2v) is 6.34. The number of aromatic nitrogens is 3. The van der Waals surface area contributed by atoms with Crippen LogP contribution in [0.1, 0.15) is 41.7 Å². The zero-order valence-electron chi connectivity index (χ0n) is 15.1. The summed E-state index contributed by atoms with van der Waals surface area (Å²) < 4.78 is 10.4. The number of hydrogen-bond acceptors (Lipinski definition) is 7. The molecule has 0 aliphatic carbocycles. The number of hydrogen-bond donors (Lipinski definition) is 1. The zero-order chi connectivity index (χ0) is 18.0. The van der Waals surface area contributed by atoms with Crippen LogP contribution < -0.4 is 5.32 Å². The lowest BCUT2D eigenvalue weighted by atomic mass is 10.2. The van der Waals surface area contributed by atoms with Crippen molar-refractivity contribution in [1.82, 2.24) is 30.4 Å². The summed E-state index contributed by atoms with van der Waals surface area (Å²) in [6.07, 6.45) is 0. The summed E-state index contributed by atoms with van der Waals surface area (Å²) in [4.78, 5) is 20.7. The summed E-state index contributed by atoms with van der Waals surface area (Å²) in [5, 5.41) is 10.7. The normalized spacial score (nSPS) is 16.9. The Morgan fingerprint density at radius 1 is 1.16 bits per heavy atom. The standard InChI is InChI=1S/C16H24N6O3/c1-10-14(12(3)24-19-10)9-17-16(23)22-7-5-21(6-8-22)11(2)15-18-13(4)20-25-15/h11H,5-9H2,1-4H3,(H,17,23). The van der Waals surface area contributed by atoms with Crippen LogP contribution in [0.3, 0.4) is 0 Å². The molecular weight excluding hydrogens is 324 g/mol. The summed E-state index contributed by atoms with van der Waals surface area (Å²) in [7, 11) is 0. The molecule has 9 nitrogen and oxygen atoms in total. The van der Waals surface area contributed by atoms with Gasteiger partial charge in [-0.2, -0.15) is 4.98 Å². The first-order chi connectivity index (χ1) is 12.0. The minimum Gasteiger partial charge on any atom is -0.361 e. The Labute approximate surface area is 146 Å². The van der Waals surface area contributed by atoms with E-state index in [9.17, 15) is 4.79 Å². The molecule has 3 rings (SSSR count). The Bertz CT molecular complexity index is 713. The van der Waals surface area contributed by atoms with E-state index in [4.69, 9.17) is 9.05 Å². The van der Waals surface area contributed by atoms with Gasteiger partial charge < -0.3 is 19.3 Å². The second kappa shape index (κ2) is 7.22. The van der Waals surface area contributed by atoms with Crippen molar-refractivity contribution in [3.05, 3.63) is 28.7 Å². The molecule has 9 heteroatoms. The van der Waals surface area contributed by atoms with E-state index in [0.29, 0.717) is 31.3 Å². The van der Waals surface area contributed by atoms with E-state index >= 15 is 0 Å². The molecule has 3 heterocycles. The lowest BCUT2D eigenvalue weighted by Crippen LogP contribution is -2.52. The molecule has 25 heavy (non-hydrogen) atoms. The Morgan fingerprint density at radius 3 is 2.44 bits per heavy atom. The van der Waals surface area contributed by atoms with Gasteiger partial charge in [-0.15, -0.1) is 0 Å². The van der Waals surface area contributed by atoms with Gasteiger partial charge in [-0.3, -0.25) is 4.90 Å². The van der Waals surface area contributed by atoms with Crippen LogP contribution in [0.2, 0.25) is 0 Å². The van der Waals surface area contributed by atoms with E-state index in [1.165, 1.54) is 0 Å². The van der Waals surface area contributed by atoms with E-state index in [-0.39, 0.29) is 12.1 Å². The van der Waals surface area contributed by atoms with Crippen LogP contribution in [0.15, 0.2) is 9.05 Å². The van der Waals surface area contributed by atoms with E-state index in [2.05, 4.69) is 25.5 Å². The topological polar surface area (TPSA) is 101 Å². The minimum atomic E-state index is -0.0686. The van der Waals surface area contributed by atoms with Crippen molar-refractivity contribution in [2.45, 2.75) is 40.3 Å². The summed E-state index contributed by atoms with van der Waals surface area (Å²) in [6, 6.07) is -0.0188. The maximum absolute atomic E-state index is 12.4. The molecule has 1 aliphatic rings. The van der Waals surface area contributed by atoms with Crippen LogP contribution in [0.25, 0.3) is 0 Å². The fraction of sp³-hybridized carbons (Fsp3) is 0.625. The summed E-state index contributed by atoms with van der Waals surface area (Å²) >= 11 is 0. The number of amides is 2. The molecule has 1 saturated heterocycles. The molecule has 1 atom stereocenters. The molecule has 0 radical (unpaired) electrons. The summed E-state index contributed by atoms with van der Waals surface area (Å²) in [5.74, 6) is 2.00. The van der Waals surface area contributed by atoms with Gasteiger partial charge in [-0.25, -0.2) is 4.79 Å². The third kappa shape index (κ3) is 3.81. The van der Waals surface area contributed by atoms with Crippen molar-refractivity contribution in [3.8, 4) is 0 Å². The van der Waals surface area contributed by atoms with Crippen LogP contribution in [-0.2, 0) is 6.54 Å². The number of aryl methyl sites for hydroxylation is 3. The monoisotopic (exact) mass is 348 g/mol. The van der Waals surface area contributed by atoms with Crippen molar-refractivity contribution < 1.29 is 13.8 Å². The van der Waals surface area contributed by atoms with Gasteiger partial charge in [0.2, 0.25) is 5.89 Å². The molecule has 1 aliphatic heterocycles. The molecule has 0 aromatic carbocycles. The van der Waals surface area contributed by atoms with Gasteiger partial charge in [0.25, 0.3) is 0 Å². The van der Waals surface area contributed by atoms with Crippen LogP contribution in [0, 0.1) is 20.8 Å². The van der Waals surface area contributed by atoms with Gasteiger partial charge in [0.1, 0.15) is 5.76 Å². The van der Waals surface area contributed by atoms with Crippen molar-refractivity contribution >= 4 is 6.03 Å². The fourth-order valence-electron chi connectivity index (χ4n) is 2.98. The van der Waals surface area contributed by atoms with Gasteiger partial charge in [0.05, 0.1) is 11.7 Å². The first-order valence-corrected chi connectivity index (χ1v) is 8.44. The number of piperazine rings is 1. The summed E-state index contributed by atoms with van der Waals surface area (Å²) in [5.41, 5.74) is 1.75. The number of carbonyl (C=O) groups is 1. The number of urea groups is 1. The zero-order valence-corrected chi connectivity index (χ0v) is 15.1. The number of nitrogens with zero attached hydrogens (tertiary/aromatic N) is 5. The second-order valence-electron chi connectivity index (χ2n) is 6.34. The SMILES string of the molecule is Cc1noc(C(C)N2CCN(C(=O)NCc3c(C)noc3C)CC2)n1. The Balaban J connectivity index is 1.49. The molecule has 2 amide bonds. The van der Waals surface area contributed by atoms with Crippen molar-refractivity contribution in [3.63, 3.8) is 0 Å². The van der Waals surface area contributed by atoms with E-state index < -0.39 is 0 Å². The predicted octanol–water partition coefficient (Wildman–Crippen LogP) is 1.57. The molecule has 0 saturated carbocycles. The van der Waals surface area contributed by atoms with Gasteiger partial charge in [0, 0.05) is 38.3 Å². The number of rotatable bonds is 4. The summed E-state index contributed by atoms with van der Waals surface area (Å²) in [6.45, 7) is 10.8. The third-order valence-electron chi connectivity index (χ3n) is 4.65. The molecule has 2 aromatic rings. The van der Waals surface area contributed by atoms with Gasteiger partial charge in [-0.05, 0) is 27.7 Å². The van der Waals surface area contributed by atoms with E-state index in [0.717, 1.165) is 30.1 Å². The molecule has 0 bridgehead atoms. The maximum atomic E-state index is 12.4. The highest BCUT2D eigenvalue weighted by Gasteiger charge is 2.27. The third-order valence-corrected chi connectivity index (χ3v) is 4.65. The lowest BCUT2D eigenvalue weighted by Gasteiger charge is -2.36. The highest BCUT2D eigenvalue weighted by atomic mass is 16.5. The first kappa shape index (κ1) is 17.4. The molecular formula is C16H24N6O3. The first-order valence-electron chi connectivity index (χ1n) is 8.44. The molecule has 1 fully saturated rings. The number of carbonyl (C=O) groups excluding carboxylic acids is 1. The average Bonchev–Trinajstić information content (AvgIpc) is 3.18. The molecule has 2 aromatic heterocycles. The molecule has 136 valence electrons. The quantitative estimate of drug-likeness (QED) is 0.895. The smallest absolute Gasteiger partial charge is 0.317 e. The Morgan fingerprint density at radius 2 is 1.88 bits per heavy atom. The van der Waals surface area contributed by atoms with Crippen LogP contribution in [-0.4, -0.2) is 57.3 Å².